The summed E-state index contributed by atoms with van der Waals surface area (Å²) in [5.74, 6) is 0. The molecule has 1 aliphatic rings. The fourth-order valence-corrected chi connectivity index (χ4v) is 1.11. The highest BCUT2D eigenvalue weighted by atomic mass is 14.9. The molecule has 0 atom stereocenters. The molecule has 2 heteroatoms. The molecular formula is C8H14N2. The summed E-state index contributed by atoms with van der Waals surface area (Å²) in [6, 6.07) is 0. The van der Waals surface area contributed by atoms with Gasteiger partial charge in [0.05, 0.1) is 24.5 Å². The maximum absolute atomic E-state index is 4.39. The molecule has 0 amide bonds. The predicted octanol–water partition coefficient (Wildman–Crippen LogP) is 1.70. The van der Waals surface area contributed by atoms with Gasteiger partial charge >= 0.3 is 0 Å². The molecule has 1 aliphatic heterocycles. The van der Waals surface area contributed by atoms with Crippen molar-refractivity contribution in [2.45, 2.75) is 26.7 Å². The molecule has 0 saturated heterocycles. The van der Waals surface area contributed by atoms with Gasteiger partial charge in [0.2, 0.25) is 0 Å². The zero-order valence-electron chi connectivity index (χ0n) is 6.72. The average Bonchev–Trinajstić information content (AvgIpc) is 1.94. The third-order valence-corrected chi connectivity index (χ3v) is 1.66. The normalized spacial score (nSPS) is 18.2. The Morgan fingerprint density at radius 3 is 2.60 bits per heavy atom. The smallest absolute Gasteiger partial charge is 0.0589 e. The van der Waals surface area contributed by atoms with E-state index in [1.54, 1.807) is 0 Å². The molecule has 0 N–H and O–H groups in total. The quantitative estimate of drug-likeness (QED) is 0.555. The van der Waals surface area contributed by atoms with Crippen molar-refractivity contribution in [3.05, 3.63) is 0 Å². The summed E-state index contributed by atoms with van der Waals surface area (Å²) in [7, 11) is 0. The van der Waals surface area contributed by atoms with E-state index >= 15 is 0 Å². The van der Waals surface area contributed by atoms with Crippen molar-refractivity contribution in [2.75, 3.05) is 13.1 Å². The van der Waals surface area contributed by atoms with Gasteiger partial charge in [-0.2, -0.15) is 0 Å². The summed E-state index contributed by atoms with van der Waals surface area (Å²) in [5, 5.41) is 0. The Morgan fingerprint density at radius 1 is 1.30 bits per heavy atom. The first kappa shape index (κ1) is 7.45. The largest absolute Gasteiger partial charge is 0.286 e. The van der Waals surface area contributed by atoms with Gasteiger partial charge in [-0.25, -0.2) is 0 Å². The second-order valence-electron chi connectivity index (χ2n) is 2.55. The molecule has 10 heavy (non-hydrogen) atoms. The molecule has 0 saturated carbocycles. The van der Waals surface area contributed by atoms with Crippen molar-refractivity contribution < 1.29 is 0 Å². The van der Waals surface area contributed by atoms with Crippen molar-refractivity contribution in [3.63, 3.8) is 0 Å². The summed E-state index contributed by atoms with van der Waals surface area (Å²) >= 11 is 0. The summed E-state index contributed by atoms with van der Waals surface area (Å²) in [6.45, 7) is 6.00. The highest BCUT2D eigenvalue weighted by Gasteiger charge is 2.04. The Hall–Kier alpha value is -0.660. The lowest BCUT2D eigenvalue weighted by atomic mass is 10.1. The van der Waals surface area contributed by atoms with E-state index < -0.39 is 0 Å². The van der Waals surface area contributed by atoms with E-state index in [1.165, 1.54) is 12.1 Å². The molecule has 0 radical (unpaired) electrons. The highest BCUT2D eigenvalue weighted by molar-refractivity contribution is 6.41. The van der Waals surface area contributed by atoms with Crippen LogP contribution in [0, 0.1) is 0 Å². The Kier molecular flexibility index (Phi) is 2.60. The SMILES string of the molecule is CCCC1=NCCN=C1C. The van der Waals surface area contributed by atoms with Gasteiger partial charge in [-0.15, -0.1) is 0 Å². The van der Waals surface area contributed by atoms with Gasteiger partial charge in [0.25, 0.3) is 0 Å². The molecule has 2 nitrogen and oxygen atoms in total. The van der Waals surface area contributed by atoms with Crippen LogP contribution in [-0.2, 0) is 0 Å². The number of nitrogens with zero attached hydrogens (tertiary/aromatic N) is 2. The van der Waals surface area contributed by atoms with Gasteiger partial charge in [0.15, 0.2) is 0 Å². The number of hydrogen-bond acceptors (Lipinski definition) is 2. The minimum absolute atomic E-state index is 0.888. The number of rotatable bonds is 2. The standard InChI is InChI=1S/C8H14N2/c1-3-4-8-7(2)9-5-6-10-8/h3-6H2,1-2H3. The molecule has 0 aromatic rings. The van der Waals surface area contributed by atoms with Crippen molar-refractivity contribution in [1.29, 1.82) is 0 Å². The van der Waals surface area contributed by atoms with Crippen LogP contribution in [0.3, 0.4) is 0 Å². The summed E-state index contributed by atoms with van der Waals surface area (Å²) in [5.41, 5.74) is 2.36. The van der Waals surface area contributed by atoms with Gasteiger partial charge in [0.1, 0.15) is 0 Å². The van der Waals surface area contributed by atoms with Gasteiger partial charge in [-0.05, 0) is 13.3 Å². The Balaban J connectivity index is 2.56. The van der Waals surface area contributed by atoms with E-state index in [-0.39, 0.29) is 0 Å². The fraction of sp³-hybridized carbons (Fsp3) is 0.750. The Morgan fingerprint density at radius 2 is 2.00 bits per heavy atom. The summed E-state index contributed by atoms with van der Waals surface area (Å²) in [6.07, 6.45) is 2.26. The highest BCUT2D eigenvalue weighted by Crippen LogP contribution is 2.00. The van der Waals surface area contributed by atoms with Gasteiger partial charge in [0, 0.05) is 0 Å². The van der Waals surface area contributed by atoms with E-state index in [4.69, 9.17) is 0 Å². The van der Waals surface area contributed by atoms with Crippen LogP contribution in [0.15, 0.2) is 9.98 Å². The van der Waals surface area contributed by atoms with Crippen LogP contribution in [0.4, 0.5) is 0 Å². The van der Waals surface area contributed by atoms with Crippen LogP contribution in [0.1, 0.15) is 26.7 Å². The second kappa shape index (κ2) is 3.49. The molecule has 0 aliphatic carbocycles. The van der Waals surface area contributed by atoms with Crippen LogP contribution in [0.2, 0.25) is 0 Å². The first-order valence-corrected chi connectivity index (χ1v) is 3.89. The molecule has 1 heterocycles. The molecule has 0 aromatic heterocycles. The first-order valence-electron chi connectivity index (χ1n) is 3.89. The lowest BCUT2D eigenvalue weighted by molar-refractivity contribution is 0.925. The zero-order chi connectivity index (χ0) is 7.40. The average molecular weight is 138 g/mol. The van der Waals surface area contributed by atoms with Gasteiger partial charge < -0.3 is 0 Å². The van der Waals surface area contributed by atoms with Crippen molar-refractivity contribution in [1.82, 2.24) is 0 Å². The van der Waals surface area contributed by atoms with Gasteiger partial charge in [-0.1, -0.05) is 13.3 Å². The van der Waals surface area contributed by atoms with Gasteiger partial charge in [-0.3, -0.25) is 9.98 Å². The van der Waals surface area contributed by atoms with Crippen molar-refractivity contribution >= 4 is 11.4 Å². The van der Waals surface area contributed by atoms with E-state index in [1.807, 2.05) is 6.92 Å². The minimum Gasteiger partial charge on any atom is -0.286 e. The molecule has 1 rings (SSSR count). The van der Waals surface area contributed by atoms with E-state index in [9.17, 15) is 0 Å². The lowest BCUT2D eigenvalue weighted by Gasteiger charge is -2.08. The van der Waals surface area contributed by atoms with Crippen LogP contribution in [-0.4, -0.2) is 24.5 Å². The lowest BCUT2D eigenvalue weighted by Crippen LogP contribution is -2.16. The van der Waals surface area contributed by atoms with E-state index in [0.717, 1.165) is 25.2 Å². The third kappa shape index (κ3) is 1.66. The number of aliphatic imine (C=N–C) groups is 2. The van der Waals surface area contributed by atoms with E-state index in [2.05, 4.69) is 16.9 Å². The topological polar surface area (TPSA) is 24.7 Å². The van der Waals surface area contributed by atoms with Crippen molar-refractivity contribution in [3.8, 4) is 0 Å². The van der Waals surface area contributed by atoms with Crippen LogP contribution in [0.5, 0.6) is 0 Å². The summed E-state index contributed by atoms with van der Waals surface area (Å²) in [4.78, 5) is 8.70. The fourth-order valence-electron chi connectivity index (χ4n) is 1.11. The molecule has 0 aromatic carbocycles. The van der Waals surface area contributed by atoms with Crippen molar-refractivity contribution in [2.24, 2.45) is 9.98 Å². The van der Waals surface area contributed by atoms with Crippen LogP contribution in [0.25, 0.3) is 0 Å². The summed E-state index contributed by atoms with van der Waals surface area (Å²) < 4.78 is 0. The molecular weight excluding hydrogens is 124 g/mol. The molecule has 56 valence electrons. The minimum atomic E-state index is 0.888. The first-order chi connectivity index (χ1) is 4.84. The third-order valence-electron chi connectivity index (χ3n) is 1.66. The monoisotopic (exact) mass is 138 g/mol. The maximum atomic E-state index is 4.39. The van der Waals surface area contributed by atoms with Crippen LogP contribution >= 0.6 is 0 Å². The molecule has 0 bridgehead atoms. The molecule has 0 spiro atoms. The Bertz CT molecular complexity index is 168. The molecule has 0 fully saturated rings. The van der Waals surface area contributed by atoms with E-state index in [0.29, 0.717) is 0 Å². The number of hydrogen-bond donors (Lipinski definition) is 0. The Labute approximate surface area is 62.1 Å². The molecule has 0 unspecified atom stereocenters. The second-order valence-corrected chi connectivity index (χ2v) is 2.55. The maximum Gasteiger partial charge on any atom is 0.0589 e. The predicted molar refractivity (Wildman–Crippen MR) is 45.2 cm³/mol. The zero-order valence-corrected chi connectivity index (χ0v) is 6.72. The van der Waals surface area contributed by atoms with Crippen LogP contribution < -0.4 is 0 Å².